The molecule has 0 saturated carbocycles. The summed E-state index contributed by atoms with van der Waals surface area (Å²) in [6.45, 7) is 5.98. The van der Waals surface area contributed by atoms with Crippen LogP contribution in [0.1, 0.15) is 41.0 Å². The Morgan fingerprint density at radius 2 is 2.05 bits per heavy atom. The number of benzene rings is 1. The molecule has 0 aliphatic carbocycles. The van der Waals surface area contributed by atoms with Crippen LogP contribution in [-0.2, 0) is 0 Å². The van der Waals surface area contributed by atoms with E-state index in [0.717, 1.165) is 17.1 Å². The Hall–Kier alpha value is -2.28. The summed E-state index contributed by atoms with van der Waals surface area (Å²) in [5.74, 6) is 0.736. The number of amides is 1. The van der Waals surface area contributed by atoms with Crippen LogP contribution in [-0.4, -0.2) is 25.7 Å². The van der Waals surface area contributed by atoms with E-state index in [9.17, 15) is 4.79 Å². The zero-order valence-electron chi connectivity index (χ0n) is 12.0. The van der Waals surface area contributed by atoms with Crippen molar-refractivity contribution in [2.75, 3.05) is 5.32 Å². The molecular formula is C14H15N5OS. The topological polar surface area (TPSA) is 72.2 Å². The van der Waals surface area contributed by atoms with Gasteiger partial charge in [-0.15, -0.1) is 15.3 Å². The first-order valence-corrected chi connectivity index (χ1v) is 7.47. The molecule has 21 heavy (non-hydrogen) atoms. The van der Waals surface area contributed by atoms with Gasteiger partial charge in [0.15, 0.2) is 5.82 Å². The van der Waals surface area contributed by atoms with E-state index in [4.69, 9.17) is 0 Å². The summed E-state index contributed by atoms with van der Waals surface area (Å²) in [5, 5.41) is 15.7. The first kappa shape index (κ1) is 13.7. The average molecular weight is 301 g/mol. The van der Waals surface area contributed by atoms with Crippen LogP contribution >= 0.6 is 11.3 Å². The van der Waals surface area contributed by atoms with E-state index in [1.54, 1.807) is 4.52 Å². The molecule has 3 rings (SSSR count). The maximum Gasteiger partial charge on any atom is 0.286 e. The van der Waals surface area contributed by atoms with Crippen molar-refractivity contribution >= 4 is 27.9 Å². The summed E-state index contributed by atoms with van der Waals surface area (Å²) >= 11 is 1.23. The normalized spacial score (nSPS) is 11.2. The standard InChI is InChI=1S/C14H15N5OS/c1-8(2)11-16-17-14-19(11)18-13(21-14)12(20)15-10-7-5-4-6-9(10)3/h4-8H,1-3H3,(H,15,20). The highest BCUT2D eigenvalue weighted by Crippen LogP contribution is 2.20. The summed E-state index contributed by atoms with van der Waals surface area (Å²) in [4.78, 5) is 12.9. The lowest BCUT2D eigenvalue weighted by molar-refractivity contribution is 0.102. The predicted molar refractivity (Wildman–Crippen MR) is 81.9 cm³/mol. The number of carbonyl (C=O) groups excluding carboxylic acids is 1. The van der Waals surface area contributed by atoms with Crippen molar-refractivity contribution in [1.29, 1.82) is 0 Å². The number of rotatable bonds is 3. The van der Waals surface area contributed by atoms with Crippen molar-refractivity contribution in [3.05, 3.63) is 40.7 Å². The van der Waals surface area contributed by atoms with Crippen molar-refractivity contribution in [1.82, 2.24) is 19.8 Å². The molecule has 6 nitrogen and oxygen atoms in total. The molecule has 0 fully saturated rings. The van der Waals surface area contributed by atoms with E-state index in [1.807, 2.05) is 45.0 Å². The first-order chi connectivity index (χ1) is 10.1. The second kappa shape index (κ2) is 5.25. The Morgan fingerprint density at radius 3 is 2.76 bits per heavy atom. The minimum atomic E-state index is -0.227. The molecule has 2 heterocycles. The van der Waals surface area contributed by atoms with Crippen LogP contribution in [0.25, 0.3) is 4.96 Å². The average Bonchev–Trinajstić information content (AvgIpc) is 3.00. The van der Waals surface area contributed by atoms with Crippen LogP contribution in [0.2, 0.25) is 0 Å². The third kappa shape index (κ3) is 2.52. The highest BCUT2D eigenvalue weighted by atomic mass is 32.1. The van der Waals surface area contributed by atoms with Gasteiger partial charge in [0, 0.05) is 11.6 Å². The van der Waals surface area contributed by atoms with Crippen LogP contribution in [0.3, 0.4) is 0 Å². The molecule has 0 unspecified atom stereocenters. The van der Waals surface area contributed by atoms with Crippen molar-refractivity contribution in [2.45, 2.75) is 26.7 Å². The van der Waals surface area contributed by atoms with Crippen LogP contribution in [0.4, 0.5) is 5.69 Å². The minimum Gasteiger partial charge on any atom is -0.320 e. The van der Waals surface area contributed by atoms with Gasteiger partial charge in [0.25, 0.3) is 5.91 Å². The highest BCUT2D eigenvalue weighted by molar-refractivity contribution is 7.18. The van der Waals surface area contributed by atoms with E-state index in [-0.39, 0.29) is 11.8 Å². The summed E-state index contributed by atoms with van der Waals surface area (Å²) in [6, 6.07) is 7.64. The van der Waals surface area contributed by atoms with Crippen LogP contribution in [0.5, 0.6) is 0 Å². The van der Waals surface area contributed by atoms with Crippen molar-refractivity contribution < 1.29 is 4.79 Å². The molecular weight excluding hydrogens is 286 g/mol. The number of fused-ring (bicyclic) bond motifs is 1. The second-order valence-electron chi connectivity index (χ2n) is 5.08. The summed E-state index contributed by atoms with van der Waals surface area (Å²) < 4.78 is 1.64. The number of carbonyl (C=O) groups is 1. The maximum absolute atomic E-state index is 12.3. The largest absolute Gasteiger partial charge is 0.320 e. The SMILES string of the molecule is Cc1ccccc1NC(=O)c1nn2c(C(C)C)nnc2s1. The molecule has 0 bridgehead atoms. The summed E-state index contributed by atoms with van der Waals surface area (Å²) in [7, 11) is 0. The molecule has 0 aliphatic heterocycles. The third-order valence-electron chi connectivity index (χ3n) is 3.12. The predicted octanol–water partition coefficient (Wildman–Crippen LogP) is 2.87. The zero-order chi connectivity index (χ0) is 15.0. The molecule has 0 radical (unpaired) electrons. The molecule has 1 amide bonds. The Morgan fingerprint density at radius 1 is 1.29 bits per heavy atom. The number of hydrogen-bond acceptors (Lipinski definition) is 5. The molecule has 108 valence electrons. The Bertz CT molecular complexity index is 805. The highest BCUT2D eigenvalue weighted by Gasteiger charge is 2.18. The molecule has 0 saturated heterocycles. The van der Waals surface area contributed by atoms with Crippen LogP contribution in [0.15, 0.2) is 24.3 Å². The molecule has 0 spiro atoms. The van der Waals surface area contributed by atoms with Crippen LogP contribution in [0, 0.1) is 6.92 Å². The zero-order valence-corrected chi connectivity index (χ0v) is 12.8. The molecule has 7 heteroatoms. The molecule has 1 aromatic carbocycles. The van der Waals surface area contributed by atoms with E-state index in [2.05, 4.69) is 20.6 Å². The van der Waals surface area contributed by atoms with Crippen molar-refractivity contribution in [3.8, 4) is 0 Å². The third-order valence-corrected chi connectivity index (χ3v) is 4.02. The Kier molecular flexibility index (Phi) is 3.42. The van der Waals surface area contributed by atoms with Gasteiger partial charge in [0.2, 0.25) is 9.97 Å². The lowest BCUT2D eigenvalue weighted by Crippen LogP contribution is -2.13. The van der Waals surface area contributed by atoms with Gasteiger partial charge >= 0.3 is 0 Å². The number of hydrogen-bond donors (Lipinski definition) is 1. The monoisotopic (exact) mass is 301 g/mol. The van der Waals surface area contributed by atoms with Crippen molar-refractivity contribution in [2.24, 2.45) is 0 Å². The van der Waals surface area contributed by atoms with Gasteiger partial charge in [-0.05, 0) is 18.6 Å². The van der Waals surface area contributed by atoms with E-state index >= 15 is 0 Å². The van der Waals surface area contributed by atoms with Gasteiger partial charge in [-0.1, -0.05) is 43.4 Å². The molecule has 3 aromatic rings. The second-order valence-corrected chi connectivity index (χ2v) is 6.04. The quantitative estimate of drug-likeness (QED) is 0.807. The van der Waals surface area contributed by atoms with Crippen molar-refractivity contribution in [3.63, 3.8) is 0 Å². The fraction of sp³-hybridized carbons (Fsp3) is 0.286. The van der Waals surface area contributed by atoms with E-state index < -0.39 is 0 Å². The van der Waals surface area contributed by atoms with Gasteiger partial charge in [-0.25, -0.2) is 0 Å². The molecule has 0 aliphatic rings. The number of aryl methyl sites for hydroxylation is 1. The van der Waals surface area contributed by atoms with Gasteiger partial charge < -0.3 is 5.32 Å². The lowest BCUT2D eigenvalue weighted by Gasteiger charge is -2.05. The van der Waals surface area contributed by atoms with Gasteiger partial charge in [0.1, 0.15) is 0 Å². The number of para-hydroxylation sites is 1. The van der Waals surface area contributed by atoms with E-state index in [0.29, 0.717) is 9.97 Å². The fourth-order valence-corrected chi connectivity index (χ4v) is 2.71. The van der Waals surface area contributed by atoms with E-state index in [1.165, 1.54) is 11.3 Å². The Labute approximate surface area is 125 Å². The molecule has 2 aromatic heterocycles. The number of nitrogens with zero attached hydrogens (tertiary/aromatic N) is 4. The number of nitrogens with one attached hydrogen (secondary N) is 1. The number of anilines is 1. The lowest BCUT2D eigenvalue weighted by atomic mass is 10.2. The van der Waals surface area contributed by atoms with Gasteiger partial charge in [-0.3, -0.25) is 4.79 Å². The minimum absolute atomic E-state index is 0.203. The Balaban J connectivity index is 1.90. The summed E-state index contributed by atoms with van der Waals surface area (Å²) in [6.07, 6.45) is 0. The maximum atomic E-state index is 12.3. The summed E-state index contributed by atoms with van der Waals surface area (Å²) in [5.41, 5.74) is 1.80. The molecule has 0 atom stereocenters. The fourth-order valence-electron chi connectivity index (χ4n) is 1.97. The molecule has 1 N–H and O–H groups in total. The first-order valence-electron chi connectivity index (χ1n) is 6.65. The smallest absolute Gasteiger partial charge is 0.286 e. The van der Waals surface area contributed by atoms with Gasteiger partial charge in [0.05, 0.1) is 0 Å². The van der Waals surface area contributed by atoms with Gasteiger partial charge in [-0.2, -0.15) is 4.52 Å². The van der Waals surface area contributed by atoms with Crippen LogP contribution < -0.4 is 5.32 Å². The number of aromatic nitrogens is 4.